The van der Waals surface area contributed by atoms with Gasteiger partial charge in [0, 0.05) is 22.9 Å². The van der Waals surface area contributed by atoms with Gasteiger partial charge in [0.25, 0.3) is 5.91 Å². The third-order valence-electron chi connectivity index (χ3n) is 5.37. The normalized spacial score (nSPS) is 20.6. The van der Waals surface area contributed by atoms with Gasteiger partial charge in [-0.1, -0.05) is 11.6 Å². The molecule has 2 fully saturated rings. The SMILES string of the molecule is C[C@@H]1OCN(C(=O)Nc2ccc(Cl)cc2)[C@H]1C(=O)Nc1ccc(N2CCOCC2=O)c(F)c1. The lowest BCUT2D eigenvalue weighted by atomic mass is 10.1. The maximum Gasteiger partial charge on any atom is 0.324 e. The summed E-state index contributed by atoms with van der Waals surface area (Å²) in [5, 5.41) is 5.85. The van der Waals surface area contributed by atoms with Gasteiger partial charge < -0.3 is 25.0 Å². The summed E-state index contributed by atoms with van der Waals surface area (Å²) in [7, 11) is 0. The summed E-state index contributed by atoms with van der Waals surface area (Å²) in [4.78, 5) is 40.2. The van der Waals surface area contributed by atoms with Crippen LogP contribution >= 0.6 is 11.6 Å². The molecule has 2 aliphatic rings. The van der Waals surface area contributed by atoms with Crippen LogP contribution in [0.1, 0.15) is 6.92 Å². The van der Waals surface area contributed by atoms with E-state index in [0.717, 1.165) is 6.07 Å². The quantitative estimate of drug-likeness (QED) is 0.706. The number of amides is 4. The van der Waals surface area contributed by atoms with Crippen LogP contribution in [0.15, 0.2) is 42.5 Å². The van der Waals surface area contributed by atoms with Crippen LogP contribution in [0.3, 0.4) is 0 Å². The molecule has 2 aliphatic heterocycles. The maximum atomic E-state index is 14.7. The fraction of sp³-hybridized carbons (Fsp3) is 0.318. The van der Waals surface area contributed by atoms with Crippen molar-refractivity contribution in [1.82, 2.24) is 4.90 Å². The number of halogens is 2. The maximum absolute atomic E-state index is 14.7. The van der Waals surface area contributed by atoms with Crippen LogP contribution in [-0.4, -0.2) is 61.4 Å². The van der Waals surface area contributed by atoms with Gasteiger partial charge in [-0.25, -0.2) is 9.18 Å². The van der Waals surface area contributed by atoms with Crippen molar-refractivity contribution in [2.75, 3.05) is 42.0 Å². The number of ether oxygens (including phenoxy) is 2. The molecular weight excluding hydrogens is 455 g/mol. The number of morpholine rings is 1. The van der Waals surface area contributed by atoms with E-state index in [-0.39, 0.29) is 37.2 Å². The summed E-state index contributed by atoms with van der Waals surface area (Å²) >= 11 is 5.86. The van der Waals surface area contributed by atoms with Crippen LogP contribution < -0.4 is 15.5 Å². The van der Waals surface area contributed by atoms with E-state index in [1.54, 1.807) is 31.2 Å². The second-order valence-electron chi connectivity index (χ2n) is 7.61. The number of hydrogen-bond donors (Lipinski definition) is 2. The fourth-order valence-corrected chi connectivity index (χ4v) is 3.81. The highest BCUT2D eigenvalue weighted by atomic mass is 35.5. The number of benzene rings is 2. The van der Waals surface area contributed by atoms with E-state index in [2.05, 4.69) is 10.6 Å². The summed E-state index contributed by atoms with van der Waals surface area (Å²) in [6, 6.07) is 9.15. The molecule has 4 amide bonds. The third-order valence-corrected chi connectivity index (χ3v) is 5.63. The van der Waals surface area contributed by atoms with Gasteiger partial charge in [-0.2, -0.15) is 0 Å². The minimum Gasteiger partial charge on any atom is -0.370 e. The highest BCUT2D eigenvalue weighted by Gasteiger charge is 2.41. The molecule has 0 aliphatic carbocycles. The number of carbonyl (C=O) groups excluding carboxylic acids is 3. The Morgan fingerprint density at radius 3 is 2.55 bits per heavy atom. The lowest BCUT2D eigenvalue weighted by Crippen LogP contribution is -2.48. The lowest BCUT2D eigenvalue weighted by Gasteiger charge is -2.27. The first-order valence-corrected chi connectivity index (χ1v) is 10.6. The van der Waals surface area contributed by atoms with Crippen LogP contribution in [0.2, 0.25) is 5.02 Å². The molecule has 9 nitrogen and oxygen atoms in total. The Bertz CT molecular complexity index is 1070. The number of anilines is 3. The van der Waals surface area contributed by atoms with Gasteiger partial charge in [-0.15, -0.1) is 0 Å². The minimum atomic E-state index is -0.930. The van der Waals surface area contributed by atoms with E-state index in [1.165, 1.54) is 21.9 Å². The van der Waals surface area contributed by atoms with Crippen LogP contribution in [0.4, 0.5) is 26.2 Å². The van der Waals surface area contributed by atoms with Crippen LogP contribution in [0.5, 0.6) is 0 Å². The molecule has 2 heterocycles. The van der Waals surface area contributed by atoms with Gasteiger partial charge in [0.2, 0.25) is 5.91 Å². The predicted octanol–water partition coefficient (Wildman–Crippen LogP) is 3.06. The highest BCUT2D eigenvalue weighted by molar-refractivity contribution is 6.30. The topological polar surface area (TPSA) is 100 Å². The summed E-state index contributed by atoms with van der Waals surface area (Å²) in [6.45, 7) is 2.05. The lowest BCUT2D eigenvalue weighted by molar-refractivity contribution is -0.125. The van der Waals surface area contributed by atoms with Crippen molar-refractivity contribution in [1.29, 1.82) is 0 Å². The van der Waals surface area contributed by atoms with Gasteiger partial charge in [-0.3, -0.25) is 14.5 Å². The number of urea groups is 1. The largest absolute Gasteiger partial charge is 0.370 e. The van der Waals surface area contributed by atoms with E-state index in [9.17, 15) is 18.8 Å². The number of hydrogen-bond acceptors (Lipinski definition) is 5. The fourth-order valence-electron chi connectivity index (χ4n) is 3.68. The Hall–Kier alpha value is -3.21. The zero-order valence-corrected chi connectivity index (χ0v) is 18.5. The average Bonchev–Trinajstić information content (AvgIpc) is 3.18. The van der Waals surface area contributed by atoms with E-state index >= 15 is 0 Å². The molecule has 2 aromatic carbocycles. The Kier molecular flexibility index (Phi) is 6.77. The molecular formula is C22H22ClFN4O5. The van der Waals surface area contributed by atoms with E-state index in [4.69, 9.17) is 21.1 Å². The molecule has 0 aromatic heterocycles. The molecule has 4 rings (SSSR count). The first kappa shape index (κ1) is 23.0. The Morgan fingerprint density at radius 1 is 1.12 bits per heavy atom. The first-order valence-electron chi connectivity index (χ1n) is 10.3. The summed E-state index contributed by atoms with van der Waals surface area (Å²) in [5.74, 6) is -1.52. The van der Waals surface area contributed by atoms with Crippen molar-refractivity contribution in [2.24, 2.45) is 0 Å². The van der Waals surface area contributed by atoms with Gasteiger partial charge in [0.05, 0.1) is 18.4 Å². The van der Waals surface area contributed by atoms with E-state index < -0.39 is 29.9 Å². The van der Waals surface area contributed by atoms with Crippen molar-refractivity contribution in [3.63, 3.8) is 0 Å². The van der Waals surface area contributed by atoms with Gasteiger partial charge in [0.1, 0.15) is 25.2 Å². The molecule has 2 saturated heterocycles. The minimum absolute atomic E-state index is 0.0783. The van der Waals surface area contributed by atoms with Crippen molar-refractivity contribution in [3.05, 3.63) is 53.3 Å². The van der Waals surface area contributed by atoms with Crippen molar-refractivity contribution in [3.8, 4) is 0 Å². The average molecular weight is 477 g/mol. The van der Waals surface area contributed by atoms with Crippen molar-refractivity contribution in [2.45, 2.75) is 19.1 Å². The molecule has 0 bridgehead atoms. The zero-order valence-electron chi connectivity index (χ0n) is 17.7. The van der Waals surface area contributed by atoms with E-state index in [1.807, 2.05) is 0 Å². The number of carbonyl (C=O) groups is 3. The summed E-state index contributed by atoms with van der Waals surface area (Å²) in [5.41, 5.74) is 0.820. The third kappa shape index (κ3) is 5.08. The second kappa shape index (κ2) is 9.74. The molecule has 2 aromatic rings. The van der Waals surface area contributed by atoms with Gasteiger partial charge in [0.15, 0.2) is 0 Å². The molecule has 0 spiro atoms. The monoisotopic (exact) mass is 476 g/mol. The Morgan fingerprint density at radius 2 is 1.85 bits per heavy atom. The molecule has 0 unspecified atom stereocenters. The molecule has 0 saturated carbocycles. The number of rotatable bonds is 4. The Balaban J connectivity index is 1.44. The predicted molar refractivity (Wildman–Crippen MR) is 120 cm³/mol. The van der Waals surface area contributed by atoms with Gasteiger partial charge in [-0.05, 0) is 49.4 Å². The first-order chi connectivity index (χ1) is 15.8. The molecule has 174 valence electrons. The Labute approximate surface area is 194 Å². The van der Waals surface area contributed by atoms with Gasteiger partial charge >= 0.3 is 6.03 Å². The number of nitrogens with zero attached hydrogens (tertiary/aromatic N) is 2. The van der Waals surface area contributed by atoms with Crippen molar-refractivity contribution >= 4 is 46.5 Å². The van der Waals surface area contributed by atoms with Crippen LogP contribution in [-0.2, 0) is 19.1 Å². The highest BCUT2D eigenvalue weighted by Crippen LogP contribution is 2.26. The van der Waals surface area contributed by atoms with Crippen molar-refractivity contribution < 1.29 is 28.2 Å². The molecule has 33 heavy (non-hydrogen) atoms. The van der Waals surface area contributed by atoms with E-state index in [0.29, 0.717) is 17.3 Å². The molecule has 0 radical (unpaired) electrons. The summed E-state index contributed by atoms with van der Waals surface area (Å²) < 4.78 is 25.3. The second-order valence-corrected chi connectivity index (χ2v) is 8.04. The van der Waals surface area contributed by atoms with Crippen LogP contribution in [0, 0.1) is 5.82 Å². The molecule has 11 heteroatoms. The summed E-state index contributed by atoms with van der Waals surface area (Å²) in [6.07, 6.45) is -0.573. The molecule has 2 N–H and O–H groups in total. The van der Waals surface area contributed by atoms with Crippen LogP contribution in [0.25, 0.3) is 0 Å². The zero-order chi connectivity index (χ0) is 23.5. The standard InChI is InChI=1S/C22H22ClFN4O5/c1-13-20(28(12-33-13)22(31)26-15-4-2-14(23)3-5-15)21(30)25-16-6-7-18(17(24)10-16)27-8-9-32-11-19(27)29/h2-7,10,13,20H,8-9,11-12H2,1H3,(H,25,30)(H,26,31)/t13-,20+/m0/s1. The molecule has 2 atom stereocenters. The number of nitrogens with one attached hydrogen (secondary N) is 2. The smallest absolute Gasteiger partial charge is 0.324 e.